The fraction of sp³-hybridized carbons (Fsp3) is 0.158. The third-order valence-corrected chi connectivity index (χ3v) is 4.71. The van der Waals surface area contributed by atoms with E-state index in [1.807, 2.05) is 54.6 Å². The van der Waals surface area contributed by atoms with Crippen molar-refractivity contribution in [1.82, 2.24) is 10.3 Å². The van der Waals surface area contributed by atoms with Gasteiger partial charge in [-0.1, -0.05) is 54.1 Å². The molecule has 5 nitrogen and oxygen atoms in total. The minimum absolute atomic E-state index is 0.261. The van der Waals surface area contributed by atoms with E-state index in [2.05, 4.69) is 15.6 Å². The summed E-state index contributed by atoms with van der Waals surface area (Å²) in [6.45, 7) is 1.35. The lowest BCUT2D eigenvalue weighted by atomic mass is 10.2. The van der Waals surface area contributed by atoms with E-state index in [-0.39, 0.29) is 6.61 Å². The van der Waals surface area contributed by atoms with Crippen molar-refractivity contribution in [3.63, 3.8) is 0 Å². The van der Waals surface area contributed by atoms with E-state index in [4.69, 9.17) is 16.3 Å². The van der Waals surface area contributed by atoms with Crippen LogP contribution in [0.1, 0.15) is 16.0 Å². The normalized spacial score (nSPS) is 10.3. The van der Waals surface area contributed by atoms with Crippen LogP contribution in [0.4, 0.5) is 10.5 Å². The van der Waals surface area contributed by atoms with Gasteiger partial charge in [0.15, 0.2) is 4.47 Å². The molecular formula is C19H18ClN3O2S. The van der Waals surface area contributed by atoms with Gasteiger partial charge in [0.2, 0.25) is 0 Å². The third-order valence-electron chi connectivity index (χ3n) is 3.60. The average Bonchev–Trinajstić information content (AvgIpc) is 3.10. The molecule has 2 N–H and O–H groups in total. The van der Waals surface area contributed by atoms with E-state index in [1.165, 1.54) is 11.3 Å². The van der Waals surface area contributed by atoms with Gasteiger partial charge in [-0.15, -0.1) is 11.3 Å². The first-order valence-corrected chi connectivity index (χ1v) is 9.26. The van der Waals surface area contributed by atoms with Gasteiger partial charge in [-0.05, 0) is 23.3 Å². The lowest BCUT2D eigenvalue weighted by Crippen LogP contribution is -2.23. The number of halogens is 1. The quantitative estimate of drug-likeness (QED) is 0.609. The van der Waals surface area contributed by atoms with Crippen molar-refractivity contribution in [1.29, 1.82) is 0 Å². The number of nitrogens with one attached hydrogen (secondary N) is 2. The topological polar surface area (TPSA) is 63.2 Å². The maximum Gasteiger partial charge on any atom is 0.407 e. The number of ether oxygens (including phenoxy) is 1. The number of benzene rings is 2. The largest absolute Gasteiger partial charge is 0.445 e. The molecule has 0 aliphatic heterocycles. The SMILES string of the molecule is O=C(NCc1ccc(NCc2cnc(Cl)s2)cc1)OCc1ccccc1. The lowest BCUT2D eigenvalue weighted by Gasteiger charge is -2.09. The standard InChI is InChI=1S/C19H18ClN3O2S/c20-18-22-12-17(26-18)11-21-16-8-6-14(7-9-16)10-23-19(24)25-13-15-4-2-1-3-5-15/h1-9,12,21H,10-11,13H2,(H,23,24). The van der Waals surface area contributed by atoms with Gasteiger partial charge in [-0.3, -0.25) is 0 Å². The van der Waals surface area contributed by atoms with Crippen LogP contribution >= 0.6 is 22.9 Å². The predicted octanol–water partition coefficient (Wildman–Crippen LogP) is 4.84. The van der Waals surface area contributed by atoms with E-state index in [1.54, 1.807) is 6.20 Å². The molecule has 0 spiro atoms. The minimum atomic E-state index is -0.432. The Hall–Kier alpha value is -2.57. The van der Waals surface area contributed by atoms with Gasteiger partial charge in [0.1, 0.15) is 6.61 Å². The fourth-order valence-corrected chi connectivity index (χ4v) is 3.16. The monoisotopic (exact) mass is 387 g/mol. The van der Waals surface area contributed by atoms with Crippen molar-refractivity contribution in [2.75, 3.05) is 5.32 Å². The van der Waals surface area contributed by atoms with E-state index in [0.29, 0.717) is 17.6 Å². The first kappa shape index (κ1) is 18.2. The molecule has 1 amide bonds. The van der Waals surface area contributed by atoms with Crippen molar-refractivity contribution >= 4 is 34.7 Å². The first-order chi connectivity index (χ1) is 12.7. The Labute approximate surface area is 161 Å². The summed E-state index contributed by atoms with van der Waals surface area (Å²) in [6, 6.07) is 17.4. The molecule has 3 aromatic rings. The summed E-state index contributed by atoms with van der Waals surface area (Å²) in [5, 5.41) is 6.05. The summed E-state index contributed by atoms with van der Waals surface area (Å²) >= 11 is 7.27. The molecule has 0 atom stereocenters. The predicted molar refractivity (Wildman–Crippen MR) is 104 cm³/mol. The van der Waals surface area contributed by atoms with E-state index < -0.39 is 6.09 Å². The van der Waals surface area contributed by atoms with E-state index in [9.17, 15) is 4.79 Å². The molecule has 1 aromatic heterocycles. The number of aromatic nitrogens is 1. The number of anilines is 1. The summed E-state index contributed by atoms with van der Waals surface area (Å²) in [7, 11) is 0. The van der Waals surface area contributed by atoms with Gasteiger partial charge in [0, 0.05) is 23.3 Å². The minimum Gasteiger partial charge on any atom is -0.445 e. The van der Waals surface area contributed by atoms with E-state index in [0.717, 1.165) is 21.7 Å². The number of carbonyl (C=O) groups is 1. The van der Waals surface area contributed by atoms with Crippen LogP contribution in [0.5, 0.6) is 0 Å². The number of hydrogen-bond donors (Lipinski definition) is 2. The highest BCUT2D eigenvalue weighted by atomic mass is 35.5. The molecule has 7 heteroatoms. The molecule has 0 bridgehead atoms. The summed E-state index contributed by atoms with van der Waals surface area (Å²) < 4.78 is 5.73. The molecule has 0 unspecified atom stereocenters. The van der Waals surface area contributed by atoms with Crippen molar-refractivity contribution in [3.8, 4) is 0 Å². The number of carbonyl (C=O) groups excluding carboxylic acids is 1. The zero-order valence-corrected chi connectivity index (χ0v) is 15.5. The van der Waals surface area contributed by atoms with Crippen molar-refractivity contribution in [3.05, 3.63) is 81.3 Å². The van der Waals surface area contributed by atoms with Crippen LogP contribution in [0.3, 0.4) is 0 Å². The van der Waals surface area contributed by atoms with Crippen LogP contribution in [0.2, 0.25) is 4.47 Å². The zero-order valence-electron chi connectivity index (χ0n) is 13.9. The van der Waals surface area contributed by atoms with Gasteiger partial charge >= 0.3 is 6.09 Å². The molecule has 0 aliphatic carbocycles. The molecule has 134 valence electrons. The second-order valence-corrected chi connectivity index (χ2v) is 7.24. The Balaban J connectivity index is 1.40. The Kier molecular flexibility index (Phi) is 6.46. The highest BCUT2D eigenvalue weighted by Crippen LogP contribution is 2.19. The van der Waals surface area contributed by atoms with Crippen molar-refractivity contribution in [2.24, 2.45) is 0 Å². The number of thiazole rings is 1. The number of hydrogen-bond acceptors (Lipinski definition) is 5. The molecule has 3 rings (SSSR count). The molecule has 0 aliphatic rings. The van der Waals surface area contributed by atoms with E-state index >= 15 is 0 Å². The number of amides is 1. The highest BCUT2D eigenvalue weighted by Gasteiger charge is 2.03. The average molecular weight is 388 g/mol. The maximum atomic E-state index is 11.8. The Morgan fingerprint density at radius 1 is 1.04 bits per heavy atom. The highest BCUT2D eigenvalue weighted by molar-refractivity contribution is 7.15. The molecule has 1 heterocycles. The van der Waals surface area contributed by atoms with Gasteiger partial charge in [-0.25, -0.2) is 9.78 Å². The number of alkyl carbamates (subject to hydrolysis) is 1. The Bertz CT molecular complexity index is 838. The molecule has 26 heavy (non-hydrogen) atoms. The van der Waals surface area contributed by atoms with Crippen LogP contribution in [-0.4, -0.2) is 11.1 Å². The number of nitrogens with zero attached hydrogens (tertiary/aromatic N) is 1. The molecule has 2 aromatic carbocycles. The molecular weight excluding hydrogens is 370 g/mol. The summed E-state index contributed by atoms with van der Waals surface area (Å²) in [6.07, 6.45) is 1.33. The van der Waals surface area contributed by atoms with Crippen LogP contribution in [0.25, 0.3) is 0 Å². The maximum absolute atomic E-state index is 11.8. The van der Waals surface area contributed by atoms with Crippen molar-refractivity contribution < 1.29 is 9.53 Å². The van der Waals surface area contributed by atoms with Crippen LogP contribution < -0.4 is 10.6 Å². The zero-order chi connectivity index (χ0) is 18.2. The first-order valence-electron chi connectivity index (χ1n) is 8.06. The van der Waals surface area contributed by atoms with Gasteiger partial charge in [0.05, 0.1) is 6.54 Å². The Morgan fingerprint density at radius 2 is 1.81 bits per heavy atom. The summed E-state index contributed by atoms with van der Waals surface area (Å²) in [4.78, 5) is 16.8. The fourth-order valence-electron chi connectivity index (χ4n) is 2.24. The second-order valence-electron chi connectivity index (χ2n) is 5.55. The molecule has 0 saturated carbocycles. The third kappa shape index (κ3) is 5.75. The second kappa shape index (κ2) is 9.22. The molecule has 0 radical (unpaired) electrons. The summed E-state index contributed by atoms with van der Waals surface area (Å²) in [5.41, 5.74) is 2.94. The van der Waals surface area contributed by atoms with Gasteiger partial charge < -0.3 is 15.4 Å². The number of rotatable bonds is 7. The van der Waals surface area contributed by atoms with Crippen molar-refractivity contribution in [2.45, 2.75) is 19.7 Å². The smallest absolute Gasteiger partial charge is 0.407 e. The lowest BCUT2D eigenvalue weighted by molar-refractivity contribution is 0.139. The van der Waals surface area contributed by atoms with Gasteiger partial charge in [-0.2, -0.15) is 0 Å². The molecule has 0 fully saturated rings. The van der Waals surface area contributed by atoms with Crippen LogP contribution in [0.15, 0.2) is 60.8 Å². The Morgan fingerprint density at radius 3 is 2.50 bits per heavy atom. The van der Waals surface area contributed by atoms with Crippen LogP contribution in [-0.2, 0) is 24.4 Å². The van der Waals surface area contributed by atoms with Gasteiger partial charge in [0.25, 0.3) is 0 Å². The molecule has 0 saturated heterocycles. The summed E-state index contributed by atoms with van der Waals surface area (Å²) in [5.74, 6) is 0. The van der Waals surface area contributed by atoms with Crippen LogP contribution in [0, 0.1) is 0 Å².